The van der Waals surface area contributed by atoms with Crippen LogP contribution in [-0.2, 0) is 6.54 Å². The lowest BCUT2D eigenvalue weighted by molar-refractivity contribution is 0.621. The summed E-state index contributed by atoms with van der Waals surface area (Å²) in [6.07, 6.45) is 0. The molecular weight excluding hydrogens is 452 g/mol. The maximum absolute atomic E-state index is 13.3. The number of rotatable bonds is 5. The highest BCUT2D eigenvalue weighted by Gasteiger charge is 2.20. The van der Waals surface area contributed by atoms with Crippen molar-refractivity contribution < 1.29 is 0 Å². The maximum Gasteiger partial charge on any atom is 0.329 e. The molecule has 4 aromatic carbocycles. The van der Waals surface area contributed by atoms with Crippen LogP contribution in [0.1, 0.15) is 42.0 Å². The summed E-state index contributed by atoms with van der Waals surface area (Å²) in [5, 5.41) is 5.18. The predicted octanol–water partition coefficient (Wildman–Crippen LogP) is 6.78. The first-order valence-corrected chi connectivity index (χ1v) is 12.7. The van der Waals surface area contributed by atoms with Gasteiger partial charge in [-0.2, -0.15) is 0 Å². The van der Waals surface area contributed by atoms with Crippen molar-refractivity contribution in [2.45, 2.75) is 50.1 Å². The van der Waals surface area contributed by atoms with Crippen LogP contribution in [0.4, 0.5) is 0 Å². The van der Waals surface area contributed by atoms with Crippen LogP contribution in [-0.4, -0.2) is 9.55 Å². The molecule has 5 aromatic rings. The highest BCUT2D eigenvalue weighted by Crippen LogP contribution is 2.35. The minimum atomic E-state index is -0.386. The zero-order valence-corrected chi connectivity index (χ0v) is 21.2. The second-order valence-corrected chi connectivity index (χ2v) is 10.5. The summed E-state index contributed by atoms with van der Waals surface area (Å²) < 4.78 is 1.74. The minimum absolute atomic E-state index is 0.0386. The third kappa shape index (κ3) is 4.44. The molecule has 0 amide bonds. The lowest BCUT2D eigenvalue weighted by Gasteiger charge is -2.20. The number of fused-ring (bicyclic) bond motifs is 2. The highest BCUT2D eigenvalue weighted by atomic mass is 32.2. The molecule has 0 saturated heterocycles. The van der Waals surface area contributed by atoms with Crippen molar-refractivity contribution in [2.75, 3.05) is 0 Å². The summed E-state index contributed by atoms with van der Waals surface area (Å²) in [5.74, 6) is -0.0386. The van der Waals surface area contributed by atoms with Crippen molar-refractivity contribution >= 4 is 33.3 Å². The molecule has 0 saturated carbocycles. The number of H-pyrrole nitrogens is 1. The first-order chi connectivity index (χ1) is 16.8. The van der Waals surface area contributed by atoms with E-state index in [9.17, 15) is 9.59 Å². The van der Waals surface area contributed by atoms with Gasteiger partial charge >= 0.3 is 5.69 Å². The van der Waals surface area contributed by atoms with Gasteiger partial charge in [-0.1, -0.05) is 80.2 Å². The number of nitrogens with one attached hydrogen (secondary N) is 1. The average molecular weight is 481 g/mol. The van der Waals surface area contributed by atoms with Gasteiger partial charge in [0, 0.05) is 4.90 Å². The maximum atomic E-state index is 13.3. The van der Waals surface area contributed by atoms with Gasteiger partial charge in [0.2, 0.25) is 0 Å². The van der Waals surface area contributed by atoms with Gasteiger partial charge in [-0.25, -0.2) is 4.79 Å². The Balaban J connectivity index is 1.78. The zero-order chi connectivity index (χ0) is 24.7. The molecule has 35 heavy (non-hydrogen) atoms. The van der Waals surface area contributed by atoms with E-state index in [4.69, 9.17) is 0 Å². The third-order valence-electron chi connectivity index (χ3n) is 6.37. The first-order valence-electron chi connectivity index (χ1n) is 11.8. The molecule has 4 nitrogen and oxygen atoms in total. The van der Waals surface area contributed by atoms with E-state index in [1.54, 1.807) is 4.57 Å². The molecule has 176 valence electrons. The Morgan fingerprint density at radius 3 is 1.97 bits per heavy atom. The Morgan fingerprint density at radius 1 is 0.829 bits per heavy atom. The molecule has 0 atom stereocenters. The lowest BCUT2D eigenvalue weighted by atomic mass is 9.96. The quantitative estimate of drug-likeness (QED) is 0.223. The van der Waals surface area contributed by atoms with Crippen molar-refractivity contribution in [2.24, 2.45) is 0 Å². The summed E-state index contributed by atoms with van der Waals surface area (Å²) in [7, 11) is 0. The molecule has 0 radical (unpaired) electrons. The third-order valence-corrected chi connectivity index (χ3v) is 7.48. The molecule has 1 aromatic heterocycles. The van der Waals surface area contributed by atoms with Gasteiger partial charge in [-0.05, 0) is 76.2 Å². The number of hydrogen-bond donors (Lipinski definition) is 1. The molecule has 0 aliphatic heterocycles. The minimum Gasteiger partial charge on any atom is -0.283 e. The molecule has 1 heterocycles. The largest absolute Gasteiger partial charge is 0.329 e. The fourth-order valence-corrected chi connectivity index (χ4v) is 6.28. The zero-order valence-electron chi connectivity index (χ0n) is 20.4. The van der Waals surface area contributed by atoms with Gasteiger partial charge in [-0.15, -0.1) is 0 Å². The number of aryl methyl sites for hydroxylation is 2. The Morgan fingerprint density at radius 2 is 1.40 bits per heavy atom. The summed E-state index contributed by atoms with van der Waals surface area (Å²) in [6, 6.07) is 25.1. The molecule has 0 aliphatic carbocycles. The molecule has 0 bridgehead atoms. The summed E-state index contributed by atoms with van der Waals surface area (Å²) in [6.45, 7) is 8.49. The second-order valence-electron chi connectivity index (χ2n) is 9.44. The number of aromatic amines is 1. The standard InChI is InChI=1S/C30H28N2O2S/c1-18(2)27-28(33)31-30(34)32(29(27)35-23-14-19(3)13-20(4)15-23)17-26-24-11-7-5-9-21(24)16-22-10-6-8-12-25(22)26/h5-16,18H,17H2,1-4H3,(H,31,33,34). The van der Waals surface area contributed by atoms with Crippen LogP contribution < -0.4 is 11.2 Å². The summed E-state index contributed by atoms with van der Waals surface area (Å²) >= 11 is 1.50. The highest BCUT2D eigenvalue weighted by molar-refractivity contribution is 7.99. The summed E-state index contributed by atoms with van der Waals surface area (Å²) in [5.41, 5.74) is 3.32. The number of nitrogens with zero attached hydrogens (tertiary/aromatic N) is 1. The number of aromatic nitrogens is 2. The van der Waals surface area contributed by atoms with Crippen LogP contribution >= 0.6 is 11.8 Å². The van der Waals surface area contributed by atoms with E-state index in [-0.39, 0.29) is 17.2 Å². The van der Waals surface area contributed by atoms with Crippen molar-refractivity contribution in [1.29, 1.82) is 0 Å². The van der Waals surface area contributed by atoms with Crippen LogP contribution in [0.3, 0.4) is 0 Å². The number of benzene rings is 4. The Hall–Kier alpha value is -3.57. The average Bonchev–Trinajstić information content (AvgIpc) is 2.80. The second kappa shape index (κ2) is 9.23. The molecule has 0 fully saturated rings. The molecular formula is C30H28N2O2S. The van der Waals surface area contributed by atoms with Crippen LogP contribution in [0.2, 0.25) is 0 Å². The van der Waals surface area contributed by atoms with E-state index in [1.807, 2.05) is 38.1 Å². The molecule has 5 heteroatoms. The van der Waals surface area contributed by atoms with E-state index >= 15 is 0 Å². The van der Waals surface area contributed by atoms with Crippen molar-refractivity contribution in [3.05, 3.63) is 116 Å². The van der Waals surface area contributed by atoms with Gasteiger partial charge in [-0.3, -0.25) is 14.3 Å². The van der Waals surface area contributed by atoms with Crippen LogP contribution in [0, 0.1) is 13.8 Å². The lowest BCUT2D eigenvalue weighted by Crippen LogP contribution is -2.34. The normalized spacial score (nSPS) is 11.6. The van der Waals surface area contributed by atoms with Gasteiger partial charge in [0.15, 0.2) is 0 Å². The van der Waals surface area contributed by atoms with E-state index < -0.39 is 0 Å². The van der Waals surface area contributed by atoms with E-state index in [0.717, 1.165) is 43.1 Å². The molecule has 5 rings (SSSR count). The fourth-order valence-electron chi connectivity index (χ4n) is 4.87. The molecule has 0 aliphatic rings. The fraction of sp³-hybridized carbons (Fsp3) is 0.200. The van der Waals surface area contributed by atoms with Gasteiger partial charge < -0.3 is 0 Å². The van der Waals surface area contributed by atoms with Crippen LogP contribution in [0.25, 0.3) is 21.5 Å². The monoisotopic (exact) mass is 480 g/mol. The Labute approximate surface area is 208 Å². The van der Waals surface area contributed by atoms with Crippen molar-refractivity contribution in [3.8, 4) is 0 Å². The van der Waals surface area contributed by atoms with E-state index in [1.165, 1.54) is 11.8 Å². The van der Waals surface area contributed by atoms with Gasteiger partial charge in [0.1, 0.15) is 0 Å². The SMILES string of the molecule is Cc1cc(C)cc(Sc2c(C(C)C)c(=O)[nH]c(=O)n2Cc2c3ccccc3cc3ccccc23)c1. The van der Waals surface area contributed by atoms with Crippen molar-refractivity contribution in [3.63, 3.8) is 0 Å². The molecule has 1 N–H and O–H groups in total. The van der Waals surface area contributed by atoms with Crippen molar-refractivity contribution in [1.82, 2.24) is 9.55 Å². The van der Waals surface area contributed by atoms with Crippen LogP contribution in [0.5, 0.6) is 0 Å². The smallest absolute Gasteiger partial charge is 0.283 e. The Bertz CT molecular complexity index is 1620. The van der Waals surface area contributed by atoms with Crippen LogP contribution in [0.15, 0.2) is 92.3 Å². The number of hydrogen-bond acceptors (Lipinski definition) is 3. The predicted molar refractivity (Wildman–Crippen MR) is 146 cm³/mol. The molecule has 0 unspecified atom stereocenters. The first kappa shape index (κ1) is 23.2. The van der Waals surface area contributed by atoms with Gasteiger partial charge in [0.25, 0.3) is 5.56 Å². The van der Waals surface area contributed by atoms with E-state index in [2.05, 4.69) is 67.4 Å². The topological polar surface area (TPSA) is 54.9 Å². The van der Waals surface area contributed by atoms with E-state index in [0.29, 0.717) is 17.1 Å². The van der Waals surface area contributed by atoms with Gasteiger partial charge in [0.05, 0.1) is 17.1 Å². The molecule has 0 spiro atoms. The summed E-state index contributed by atoms with van der Waals surface area (Å²) in [4.78, 5) is 29.9. The Kier molecular flexibility index (Phi) is 6.12.